The zero-order chi connectivity index (χ0) is 12.1. The monoisotopic (exact) mass is 223 g/mol. The lowest BCUT2D eigenvalue weighted by Gasteiger charge is -2.10. The molecule has 1 aromatic rings. The Hall–Kier alpha value is -1.75. The lowest BCUT2D eigenvalue weighted by Crippen LogP contribution is -2.31. The Morgan fingerprint density at radius 2 is 1.94 bits per heavy atom. The van der Waals surface area contributed by atoms with E-state index in [2.05, 4.69) is 5.32 Å². The third kappa shape index (κ3) is 3.43. The Bertz CT molecular complexity index is 359. The molecule has 1 rings (SSSR count). The molecule has 0 aliphatic rings. The molecule has 1 atom stereocenters. The van der Waals surface area contributed by atoms with Gasteiger partial charge in [-0.1, -0.05) is 6.92 Å². The van der Waals surface area contributed by atoms with Gasteiger partial charge in [-0.05, 0) is 24.6 Å². The fourth-order valence-corrected chi connectivity index (χ4v) is 1.26. The highest BCUT2D eigenvalue weighted by Crippen LogP contribution is 2.13. The van der Waals surface area contributed by atoms with Crippen molar-refractivity contribution >= 4 is 17.3 Å². The Labute approximate surface area is 94.4 Å². The molecule has 0 heterocycles. The molecular weight excluding hydrogens is 206 g/mol. The summed E-state index contributed by atoms with van der Waals surface area (Å²) in [7, 11) is 0. The normalized spacial score (nSPS) is 12.1. The number of hydrogen-bond donors (Lipinski definition) is 4. The molecule has 5 heteroatoms. The minimum absolute atomic E-state index is 0.226. The molecule has 1 unspecified atom stereocenters. The van der Waals surface area contributed by atoms with E-state index in [9.17, 15) is 9.90 Å². The summed E-state index contributed by atoms with van der Waals surface area (Å²) in [5, 5.41) is 11.9. The molecule has 5 nitrogen and oxygen atoms in total. The maximum Gasteiger partial charge on any atom is 0.251 e. The fourth-order valence-electron chi connectivity index (χ4n) is 1.26. The van der Waals surface area contributed by atoms with E-state index >= 15 is 0 Å². The largest absolute Gasteiger partial charge is 0.399 e. The van der Waals surface area contributed by atoms with E-state index < -0.39 is 6.10 Å². The Morgan fingerprint density at radius 1 is 1.38 bits per heavy atom. The molecular formula is C11H17N3O2. The fraction of sp³-hybridized carbons (Fsp3) is 0.364. The van der Waals surface area contributed by atoms with Crippen molar-refractivity contribution in [1.82, 2.24) is 5.32 Å². The molecule has 0 spiro atoms. The summed E-state index contributed by atoms with van der Waals surface area (Å²) < 4.78 is 0. The van der Waals surface area contributed by atoms with Crippen molar-refractivity contribution in [1.29, 1.82) is 0 Å². The van der Waals surface area contributed by atoms with E-state index in [1.807, 2.05) is 6.92 Å². The van der Waals surface area contributed by atoms with E-state index in [4.69, 9.17) is 11.5 Å². The molecule has 0 saturated heterocycles. The Balaban J connectivity index is 2.66. The highest BCUT2D eigenvalue weighted by molar-refractivity contribution is 5.96. The van der Waals surface area contributed by atoms with Gasteiger partial charge in [0.1, 0.15) is 0 Å². The molecule has 0 bridgehead atoms. The summed E-state index contributed by atoms with van der Waals surface area (Å²) in [5.74, 6) is -0.286. The first-order chi connectivity index (χ1) is 7.52. The quantitative estimate of drug-likeness (QED) is 0.553. The van der Waals surface area contributed by atoms with Crippen LogP contribution in [0, 0.1) is 0 Å². The highest BCUT2D eigenvalue weighted by Gasteiger charge is 2.08. The number of benzene rings is 1. The lowest BCUT2D eigenvalue weighted by atomic mass is 10.1. The first-order valence-corrected chi connectivity index (χ1v) is 5.15. The second kappa shape index (κ2) is 5.37. The number of nitrogen functional groups attached to an aromatic ring is 2. The van der Waals surface area contributed by atoms with Crippen LogP contribution in [0.15, 0.2) is 18.2 Å². The van der Waals surface area contributed by atoms with E-state index in [0.29, 0.717) is 23.4 Å². The number of anilines is 2. The standard InChI is InChI=1S/C11H17N3O2/c1-2-10(15)6-14-11(16)7-3-8(12)5-9(13)4-7/h3-5,10,15H,2,6,12-13H2,1H3,(H,14,16). The van der Waals surface area contributed by atoms with E-state index in [1.54, 1.807) is 18.2 Å². The van der Waals surface area contributed by atoms with Gasteiger partial charge in [-0.3, -0.25) is 4.79 Å². The van der Waals surface area contributed by atoms with E-state index in [0.717, 1.165) is 0 Å². The van der Waals surface area contributed by atoms with Crippen molar-refractivity contribution in [2.45, 2.75) is 19.4 Å². The van der Waals surface area contributed by atoms with Gasteiger partial charge in [0.05, 0.1) is 6.10 Å². The maximum atomic E-state index is 11.6. The van der Waals surface area contributed by atoms with Crippen LogP contribution in [-0.2, 0) is 0 Å². The molecule has 88 valence electrons. The van der Waals surface area contributed by atoms with Crippen LogP contribution in [0.3, 0.4) is 0 Å². The van der Waals surface area contributed by atoms with Gasteiger partial charge in [-0.15, -0.1) is 0 Å². The molecule has 16 heavy (non-hydrogen) atoms. The smallest absolute Gasteiger partial charge is 0.251 e. The van der Waals surface area contributed by atoms with Crippen LogP contribution in [0.2, 0.25) is 0 Å². The van der Waals surface area contributed by atoms with Gasteiger partial charge in [0, 0.05) is 23.5 Å². The van der Waals surface area contributed by atoms with Gasteiger partial charge in [0.25, 0.3) is 5.91 Å². The lowest BCUT2D eigenvalue weighted by molar-refractivity contribution is 0.0914. The number of hydrogen-bond acceptors (Lipinski definition) is 4. The van der Waals surface area contributed by atoms with Crippen molar-refractivity contribution < 1.29 is 9.90 Å². The molecule has 0 aliphatic heterocycles. The zero-order valence-corrected chi connectivity index (χ0v) is 9.23. The van der Waals surface area contributed by atoms with Crippen LogP contribution in [0.5, 0.6) is 0 Å². The average molecular weight is 223 g/mol. The first kappa shape index (κ1) is 12.3. The summed E-state index contributed by atoms with van der Waals surface area (Å²) in [5.41, 5.74) is 12.4. The van der Waals surface area contributed by atoms with Gasteiger partial charge in [-0.2, -0.15) is 0 Å². The number of carbonyl (C=O) groups excluding carboxylic acids is 1. The molecule has 0 saturated carbocycles. The van der Waals surface area contributed by atoms with Gasteiger partial charge < -0.3 is 21.9 Å². The molecule has 0 radical (unpaired) electrons. The van der Waals surface area contributed by atoms with Gasteiger partial charge >= 0.3 is 0 Å². The van der Waals surface area contributed by atoms with Crippen molar-refractivity contribution in [2.24, 2.45) is 0 Å². The number of aliphatic hydroxyl groups is 1. The Morgan fingerprint density at radius 3 is 2.44 bits per heavy atom. The predicted octanol–water partition coefficient (Wildman–Crippen LogP) is 0.352. The summed E-state index contributed by atoms with van der Waals surface area (Å²) in [6.45, 7) is 2.07. The third-order valence-electron chi connectivity index (χ3n) is 2.21. The Kier molecular flexibility index (Phi) is 4.13. The van der Waals surface area contributed by atoms with Crippen LogP contribution >= 0.6 is 0 Å². The second-order valence-electron chi connectivity index (χ2n) is 3.66. The van der Waals surface area contributed by atoms with Gasteiger partial charge in [-0.25, -0.2) is 0 Å². The van der Waals surface area contributed by atoms with Crippen molar-refractivity contribution in [3.05, 3.63) is 23.8 Å². The second-order valence-corrected chi connectivity index (χ2v) is 3.66. The third-order valence-corrected chi connectivity index (χ3v) is 2.21. The van der Waals surface area contributed by atoms with Gasteiger partial charge in [0.2, 0.25) is 0 Å². The zero-order valence-electron chi connectivity index (χ0n) is 9.23. The summed E-state index contributed by atoms with van der Waals surface area (Å²) in [4.78, 5) is 11.6. The molecule has 1 amide bonds. The number of rotatable bonds is 4. The number of amides is 1. The molecule has 0 fully saturated rings. The molecule has 0 aromatic heterocycles. The van der Waals surface area contributed by atoms with Crippen LogP contribution in [0.25, 0.3) is 0 Å². The summed E-state index contributed by atoms with van der Waals surface area (Å²) >= 11 is 0. The topological polar surface area (TPSA) is 101 Å². The summed E-state index contributed by atoms with van der Waals surface area (Å²) in [6.07, 6.45) is 0.0710. The minimum atomic E-state index is -0.526. The SMILES string of the molecule is CCC(O)CNC(=O)c1cc(N)cc(N)c1. The van der Waals surface area contributed by atoms with Crippen molar-refractivity contribution in [3.63, 3.8) is 0 Å². The number of nitrogens with one attached hydrogen (secondary N) is 1. The van der Waals surface area contributed by atoms with E-state index in [1.165, 1.54) is 0 Å². The van der Waals surface area contributed by atoms with Crippen LogP contribution < -0.4 is 16.8 Å². The number of aliphatic hydroxyl groups excluding tert-OH is 1. The molecule has 1 aromatic carbocycles. The maximum absolute atomic E-state index is 11.6. The number of carbonyl (C=O) groups is 1. The number of nitrogens with two attached hydrogens (primary N) is 2. The minimum Gasteiger partial charge on any atom is -0.399 e. The predicted molar refractivity (Wildman–Crippen MR) is 63.9 cm³/mol. The van der Waals surface area contributed by atoms with Crippen molar-refractivity contribution in [3.8, 4) is 0 Å². The molecule has 6 N–H and O–H groups in total. The highest BCUT2D eigenvalue weighted by atomic mass is 16.3. The van der Waals surface area contributed by atoms with E-state index in [-0.39, 0.29) is 12.5 Å². The van der Waals surface area contributed by atoms with Crippen LogP contribution in [0.4, 0.5) is 11.4 Å². The van der Waals surface area contributed by atoms with Crippen LogP contribution in [-0.4, -0.2) is 23.7 Å². The molecule has 0 aliphatic carbocycles. The van der Waals surface area contributed by atoms with Gasteiger partial charge in [0.15, 0.2) is 0 Å². The van der Waals surface area contributed by atoms with Crippen LogP contribution in [0.1, 0.15) is 23.7 Å². The summed E-state index contributed by atoms with van der Waals surface area (Å²) in [6, 6.07) is 4.67. The average Bonchev–Trinajstić information content (AvgIpc) is 2.23. The first-order valence-electron chi connectivity index (χ1n) is 5.15. The van der Waals surface area contributed by atoms with Crippen molar-refractivity contribution in [2.75, 3.05) is 18.0 Å².